The average Bonchev–Trinajstić information content (AvgIpc) is 2.31. The van der Waals surface area contributed by atoms with E-state index in [0.29, 0.717) is 6.54 Å². The molecule has 0 radical (unpaired) electrons. The molecule has 1 aliphatic heterocycles. The summed E-state index contributed by atoms with van der Waals surface area (Å²) in [4.78, 5) is 2.25. The van der Waals surface area contributed by atoms with Crippen molar-refractivity contribution in [2.75, 3.05) is 18.4 Å². The fraction of sp³-hybridized carbons (Fsp3) is 0.538. The highest BCUT2D eigenvalue weighted by Crippen LogP contribution is 2.17. The van der Waals surface area contributed by atoms with Gasteiger partial charge in [0.1, 0.15) is 5.82 Å². The lowest BCUT2D eigenvalue weighted by molar-refractivity contribution is -0.0680. The molecule has 1 aromatic rings. The van der Waals surface area contributed by atoms with Gasteiger partial charge in [-0.15, -0.1) is 0 Å². The van der Waals surface area contributed by atoms with Crippen molar-refractivity contribution in [2.24, 2.45) is 0 Å². The minimum absolute atomic E-state index is 0.123. The molecule has 1 fully saturated rings. The van der Waals surface area contributed by atoms with E-state index in [0.717, 1.165) is 24.0 Å². The van der Waals surface area contributed by atoms with Crippen molar-refractivity contribution in [3.63, 3.8) is 0 Å². The number of nitrogens with zero attached hydrogens (tertiary/aromatic N) is 1. The first-order chi connectivity index (χ1) is 8.19. The van der Waals surface area contributed by atoms with Gasteiger partial charge >= 0.3 is 0 Å². The van der Waals surface area contributed by atoms with Crippen LogP contribution >= 0.6 is 15.9 Å². The quantitative estimate of drug-likeness (QED) is 0.796. The highest BCUT2D eigenvalue weighted by atomic mass is 79.9. The molecule has 0 aromatic heterocycles. The molecule has 1 heterocycles. The van der Waals surface area contributed by atoms with Crippen molar-refractivity contribution in [1.29, 1.82) is 0 Å². The topological polar surface area (TPSA) is 12.5 Å². The molecule has 2 unspecified atom stereocenters. The monoisotopic (exact) mass is 301 g/mol. The Hall–Kier alpha value is -0.450. The molecule has 17 heavy (non-hydrogen) atoms. The zero-order valence-electron chi connectivity index (χ0n) is 9.90. The molecule has 2 atom stereocenters. The molecule has 0 spiro atoms. The summed E-state index contributed by atoms with van der Waals surface area (Å²) < 4.78 is 19.3. The third-order valence-electron chi connectivity index (χ3n) is 2.93. The molecule has 94 valence electrons. The summed E-state index contributed by atoms with van der Waals surface area (Å²) in [6.45, 7) is 4.43. The number of morpholine rings is 1. The van der Waals surface area contributed by atoms with E-state index in [9.17, 15) is 4.39 Å². The average molecular weight is 302 g/mol. The van der Waals surface area contributed by atoms with Crippen molar-refractivity contribution >= 4 is 15.9 Å². The molecular formula is C13H17BrFNO. The molecule has 0 amide bonds. The Bertz CT molecular complexity index is 374. The van der Waals surface area contributed by atoms with Gasteiger partial charge in [-0.3, -0.25) is 4.90 Å². The zero-order valence-corrected chi connectivity index (χ0v) is 11.5. The lowest BCUT2D eigenvalue weighted by Gasteiger charge is -2.36. The van der Waals surface area contributed by atoms with Crippen LogP contribution in [0.15, 0.2) is 24.3 Å². The van der Waals surface area contributed by atoms with E-state index < -0.39 is 0 Å². The summed E-state index contributed by atoms with van der Waals surface area (Å²) in [5.74, 6) is -0.123. The predicted octanol–water partition coefficient (Wildman–Crippen LogP) is 2.81. The van der Waals surface area contributed by atoms with Crippen molar-refractivity contribution in [2.45, 2.75) is 25.7 Å². The SMILES string of the molecule is CC1CN(Cc2ccccc2F)CC(CBr)O1. The van der Waals surface area contributed by atoms with Gasteiger partial charge in [0.05, 0.1) is 12.2 Å². The van der Waals surface area contributed by atoms with E-state index in [2.05, 4.69) is 27.8 Å². The maximum atomic E-state index is 13.6. The van der Waals surface area contributed by atoms with E-state index in [-0.39, 0.29) is 18.0 Å². The molecule has 0 saturated carbocycles. The fourth-order valence-electron chi connectivity index (χ4n) is 2.22. The van der Waals surface area contributed by atoms with Gasteiger partial charge in [0.15, 0.2) is 0 Å². The first-order valence-corrected chi connectivity index (χ1v) is 6.98. The Balaban J connectivity index is 2.01. The third-order valence-corrected chi connectivity index (χ3v) is 3.65. The number of hydrogen-bond donors (Lipinski definition) is 0. The first kappa shape index (κ1) is 13.0. The summed E-state index contributed by atoms with van der Waals surface area (Å²) in [7, 11) is 0. The Kier molecular flexibility index (Phi) is 4.54. The predicted molar refractivity (Wildman–Crippen MR) is 69.8 cm³/mol. The van der Waals surface area contributed by atoms with Crippen molar-refractivity contribution in [1.82, 2.24) is 4.90 Å². The molecule has 0 aliphatic carbocycles. The number of benzene rings is 1. The minimum atomic E-state index is -0.123. The highest BCUT2D eigenvalue weighted by molar-refractivity contribution is 9.09. The Morgan fingerprint density at radius 2 is 2.18 bits per heavy atom. The molecule has 0 N–H and O–H groups in total. The van der Waals surface area contributed by atoms with Crippen LogP contribution in [0.5, 0.6) is 0 Å². The molecule has 1 aliphatic rings. The molecule has 2 rings (SSSR count). The highest BCUT2D eigenvalue weighted by Gasteiger charge is 2.24. The first-order valence-electron chi connectivity index (χ1n) is 5.86. The van der Waals surface area contributed by atoms with E-state index in [1.54, 1.807) is 6.07 Å². The van der Waals surface area contributed by atoms with Crippen molar-refractivity contribution < 1.29 is 9.13 Å². The largest absolute Gasteiger partial charge is 0.372 e. The summed E-state index contributed by atoms with van der Waals surface area (Å²) in [5, 5.41) is 0.825. The zero-order chi connectivity index (χ0) is 12.3. The van der Waals surface area contributed by atoms with Crippen LogP contribution in [-0.2, 0) is 11.3 Å². The van der Waals surface area contributed by atoms with Gasteiger partial charge in [-0.25, -0.2) is 4.39 Å². The second-order valence-electron chi connectivity index (χ2n) is 4.51. The van der Waals surface area contributed by atoms with Gasteiger partial charge in [-0.1, -0.05) is 34.1 Å². The molecular weight excluding hydrogens is 285 g/mol. The maximum absolute atomic E-state index is 13.6. The van der Waals surface area contributed by atoms with Crippen LogP contribution in [0.4, 0.5) is 4.39 Å². The van der Waals surface area contributed by atoms with Crippen LogP contribution in [0.3, 0.4) is 0 Å². The molecule has 4 heteroatoms. The smallest absolute Gasteiger partial charge is 0.127 e. The standard InChI is InChI=1S/C13H17BrFNO/c1-10-7-16(9-12(6-14)17-10)8-11-4-2-3-5-13(11)15/h2-5,10,12H,6-9H2,1H3. The lowest BCUT2D eigenvalue weighted by atomic mass is 10.1. The Labute approximate surface area is 110 Å². The summed E-state index contributed by atoms with van der Waals surface area (Å²) in [5.41, 5.74) is 0.759. The summed E-state index contributed by atoms with van der Waals surface area (Å²) >= 11 is 3.44. The summed E-state index contributed by atoms with van der Waals surface area (Å²) in [6, 6.07) is 6.96. The fourth-order valence-corrected chi connectivity index (χ4v) is 2.58. The number of ether oxygens (including phenoxy) is 1. The van der Waals surface area contributed by atoms with Gasteiger partial charge in [0.2, 0.25) is 0 Å². The molecule has 1 saturated heterocycles. The summed E-state index contributed by atoms with van der Waals surface area (Å²) in [6.07, 6.45) is 0.406. The molecule has 2 nitrogen and oxygen atoms in total. The van der Waals surface area contributed by atoms with Crippen LogP contribution < -0.4 is 0 Å². The van der Waals surface area contributed by atoms with Crippen LogP contribution in [-0.4, -0.2) is 35.5 Å². The van der Waals surface area contributed by atoms with Gasteiger partial charge < -0.3 is 4.74 Å². The van der Waals surface area contributed by atoms with Crippen molar-refractivity contribution in [3.05, 3.63) is 35.6 Å². The number of alkyl halides is 1. The Morgan fingerprint density at radius 3 is 2.88 bits per heavy atom. The van der Waals surface area contributed by atoms with Gasteiger partial charge in [-0.05, 0) is 13.0 Å². The van der Waals surface area contributed by atoms with Gasteiger partial charge in [0, 0.05) is 30.5 Å². The van der Waals surface area contributed by atoms with Gasteiger partial charge in [-0.2, -0.15) is 0 Å². The number of hydrogen-bond acceptors (Lipinski definition) is 2. The van der Waals surface area contributed by atoms with Crippen LogP contribution in [0.2, 0.25) is 0 Å². The molecule has 0 bridgehead atoms. The maximum Gasteiger partial charge on any atom is 0.127 e. The second-order valence-corrected chi connectivity index (χ2v) is 5.16. The van der Waals surface area contributed by atoms with Crippen molar-refractivity contribution in [3.8, 4) is 0 Å². The van der Waals surface area contributed by atoms with Crippen LogP contribution in [0.1, 0.15) is 12.5 Å². The third kappa shape index (κ3) is 3.50. The molecule has 1 aromatic carbocycles. The van der Waals surface area contributed by atoms with E-state index in [1.807, 2.05) is 12.1 Å². The number of halogens is 2. The number of rotatable bonds is 3. The lowest BCUT2D eigenvalue weighted by Crippen LogP contribution is -2.46. The van der Waals surface area contributed by atoms with Gasteiger partial charge in [0.25, 0.3) is 0 Å². The second kappa shape index (κ2) is 5.94. The Morgan fingerprint density at radius 1 is 1.41 bits per heavy atom. The van der Waals surface area contributed by atoms with E-state index in [4.69, 9.17) is 4.74 Å². The minimum Gasteiger partial charge on any atom is -0.372 e. The normalized spacial score (nSPS) is 26.1. The van der Waals surface area contributed by atoms with Crippen LogP contribution in [0, 0.1) is 5.82 Å². The van der Waals surface area contributed by atoms with E-state index >= 15 is 0 Å². The van der Waals surface area contributed by atoms with E-state index in [1.165, 1.54) is 6.07 Å². The van der Waals surface area contributed by atoms with Crippen LogP contribution in [0.25, 0.3) is 0 Å².